The summed E-state index contributed by atoms with van der Waals surface area (Å²) < 4.78 is 2.10. The number of amidine groups is 1. The van der Waals surface area contributed by atoms with E-state index >= 15 is 0 Å². The Morgan fingerprint density at radius 2 is 1.91 bits per heavy atom. The second-order valence-corrected chi connectivity index (χ2v) is 6.05. The van der Waals surface area contributed by atoms with Crippen molar-refractivity contribution in [2.75, 3.05) is 0 Å². The van der Waals surface area contributed by atoms with Crippen LogP contribution in [0.5, 0.6) is 0 Å². The molecule has 1 atom stereocenters. The summed E-state index contributed by atoms with van der Waals surface area (Å²) in [5.74, 6) is 1.86. The molecule has 2 aromatic rings. The van der Waals surface area contributed by atoms with E-state index in [1.807, 2.05) is 6.33 Å². The molecule has 0 spiro atoms. The van der Waals surface area contributed by atoms with Crippen molar-refractivity contribution in [3.63, 3.8) is 0 Å². The molecule has 2 aliphatic rings. The van der Waals surface area contributed by atoms with Gasteiger partial charge in [-0.3, -0.25) is 4.57 Å². The van der Waals surface area contributed by atoms with E-state index in [4.69, 9.17) is 4.99 Å². The Kier molecular flexibility index (Phi) is 3.41. The van der Waals surface area contributed by atoms with E-state index in [-0.39, 0.29) is 6.17 Å². The predicted molar refractivity (Wildman–Crippen MR) is 86.1 cm³/mol. The van der Waals surface area contributed by atoms with E-state index in [1.54, 1.807) is 0 Å². The van der Waals surface area contributed by atoms with Crippen molar-refractivity contribution in [1.82, 2.24) is 19.7 Å². The van der Waals surface area contributed by atoms with E-state index in [9.17, 15) is 0 Å². The van der Waals surface area contributed by atoms with Crippen LogP contribution in [0.15, 0.2) is 41.7 Å². The molecule has 114 valence electrons. The molecule has 1 aliphatic carbocycles. The van der Waals surface area contributed by atoms with Gasteiger partial charge in [-0.25, -0.2) is 0 Å². The van der Waals surface area contributed by atoms with Crippen molar-refractivity contribution in [3.8, 4) is 0 Å². The molecule has 5 nitrogen and oxygen atoms in total. The summed E-state index contributed by atoms with van der Waals surface area (Å²) in [6.45, 7) is 2.18. The maximum absolute atomic E-state index is 4.76. The van der Waals surface area contributed by atoms with Gasteiger partial charge in [0.15, 0.2) is 0 Å². The summed E-state index contributed by atoms with van der Waals surface area (Å²) >= 11 is 0. The van der Waals surface area contributed by atoms with Crippen molar-refractivity contribution in [1.29, 1.82) is 0 Å². The van der Waals surface area contributed by atoms with Gasteiger partial charge in [-0.1, -0.05) is 50.1 Å². The van der Waals surface area contributed by atoms with Gasteiger partial charge in [0, 0.05) is 12.5 Å². The van der Waals surface area contributed by atoms with Crippen LogP contribution in [0.4, 0.5) is 5.95 Å². The molecule has 4 rings (SSSR count). The fraction of sp³-hybridized carbons (Fsp3) is 0.471. The van der Waals surface area contributed by atoms with Crippen molar-refractivity contribution in [3.05, 3.63) is 42.2 Å². The van der Waals surface area contributed by atoms with Crippen LogP contribution in [0.3, 0.4) is 0 Å². The summed E-state index contributed by atoms with van der Waals surface area (Å²) in [6, 6.07) is 11.2. The Hall–Kier alpha value is -2.17. The molecule has 1 saturated carbocycles. The first-order chi connectivity index (χ1) is 10.9. The monoisotopic (exact) mass is 295 g/mol. The van der Waals surface area contributed by atoms with Crippen LogP contribution >= 0.6 is 0 Å². The normalized spacial score (nSPS) is 21.8. The molecular weight excluding hydrogens is 274 g/mol. The third-order valence-corrected chi connectivity index (χ3v) is 4.74. The highest BCUT2D eigenvalue weighted by Crippen LogP contribution is 2.37. The summed E-state index contributed by atoms with van der Waals surface area (Å²) in [6.07, 6.45) is 7.99. The van der Waals surface area contributed by atoms with Crippen LogP contribution < -0.4 is 0 Å². The van der Waals surface area contributed by atoms with Crippen LogP contribution in [-0.4, -0.2) is 31.5 Å². The van der Waals surface area contributed by atoms with E-state index in [1.165, 1.54) is 31.2 Å². The first-order valence-electron chi connectivity index (χ1n) is 8.19. The quantitative estimate of drug-likeness (QED) is 0.870. The van der Waals surface area contributed by atoms with Crippen LogP contribution in [0.1, 0.15) is 50.8 Å². The lowest BCUT2D eigenvalue weighted by Gasteiger charge is -2.41. The largest absolute Gasteiger partial charge is 0.332 e. The lowest BCUT2D eigenvalue weighted by atomic mass is 10.1. The smallest absolute Gasteiger partial charge is 0.254 e. The molecule has 0 N–H and O–H groups in total. The fourth-order valence-corrected chi connectivity index (χ4v) is 3.74. The highest BCUT2D eigenvalue weighted by atomic mass is 15.5. The second-order valence-electron chi connectivity index (χ2n) is 6.05. The fourth-order valence-electron chi connectivity index (χ4n) is 3.74. The summed E-state index contributed by atoms with van der Waals surface area (Å²) in [4.78, 5) is 7.27. The molecule has 0 amide bonds. The molecule has 0 bridgehead atoms. The third-order valence-electron chi connectivity index (χ3n) is 4.74. The minimum absolute atomic E-state index is 0.127. The van der Waals surface area contributed by atoms with E-state index in [2.05, 4.69) is 56.9 Å². The van der Waals surface area contributed by atoms with Gasteiger partial charge in [-0.05, 0) is 18.4 Å². The van der Waals surface area contributed by atoms with Crippen molar-refractivity contribution in [2.24, 2.45) is 4.99 Å². The van der Waals surface area contributed by atoms with Gasteiger partial charge in [-0.2, -0.15) is 4.99 Å². The lowest BCUT2D eigenvalue weighted by molar-refractivity contribution is 0.201. The second kappa shape index (κ2) is 5.55. The van der Waals surface area contributed by atoms with Gasteiger partial charge in [0.2, 0.25) is 0 Å². The lowest BCUT2D eigenvalue weighted by Crippen LogP contribution is -2.46. The van der Waals surface area contributed by atoms with Crippen LogP contribution in [0.25, 0.3) is 0 Å². The van der Waals surface area contributed by atoms with Crippen LogP contribution in [-0.2, 0) is 0 Å². The highest BCUT2D eigenvalue weighted by Gasteiger charge is 2.36. The minimum atomic E-state index is 0.127. The van der Waals surface area contributed by atoms with Crippen LogP contribution in [0.2, 0.25) is 0 Å². The summed E-state index contributed by atoms with van der Waals surface area (Å²) in [5.41, 5.74) is 1.27. The molecule has 2 heterocycles. The molecule has 0 radical (unpaired) electrons. The Balaban J connectivity index is 1.84. The molecule has 1 aliphatic heterocycles. The number of benzene rings is 1. The van der Waals surface area contributed by atoms with Gasteiger partial charge in [0.25, 0.3) is 5.95 Å². The topological polar surface area (TPSA) is 46.3 Å². The average Bonchev–Trinajstić information content (AvgIpc) is 3.25. The summed E-state index contributed by atoms with van der Waals surface area (Å²) in [5, 5.41) is 8.28. The Morgan fingerprint density at radius 3 is 2.64 bits per heavy atom. The zero-order valence-corrected chi connectivity index (χ0v) is 12.9. The van der Waals surface area contributed by atoms with Gasteiger partial charge < -0.3 is 4.90 Å². The van der Waals surface area contributed by atoms with Crippen LogP contribution in [0, 0.1) is 0 Å². The number of hydrogen-bond acceptors (Lipinski definition) is 4. The molecule has 1 aromatic heterocycles. The van der Waals surface area contributed by atoms with Gasteiger partial charge in [-0.15, -0.1) is 10.2 Å². The van der Waals surface area contributed by atoms with E-state index in [0.717, 1.165) is 18.2 Å². The molecule has 5 heteroatoms. The van der Waals surface area contributed by atoms with E-state index < -0.39 is 0 Å². The number of hydrogen-bond donors (Lipinski definition) is 0. The number of rotatable bonds is 3. The Labute approximate surface area is 130 Å². The van der Waals surface area contributed by atoms with E-state index in [0.29, 0.717) is 6.04 Å². The number of nitrogens with zero attached hydrogens (tertiary/aromatic N) is 5. The third kappa shape index (κ3) is 2.12. The number of aromatic nitrogens is 3. The zero-order chi connectivity index (χ0) is 14.9. The van der Waals surface area contributed by atoms with Crippen molar-refractivity contribution >= 4 is 11.8 Å². The molecule has 1 aromatic carbocycles. The molecule has 22 heavy (non-hydrogen) atoms. The molecule has 1 fully saturated rings. The number of fused-ring (bicyclic) bond motifs is 1. The first-order valence-corrected chi connectivity index (χ1v) is 8.19. The maximum atomic E-state index is 4.76. The average molecular weight is 295 g/mol. The Morgan fingerprint density at radius 1 is 1.14 bits per heavy atom. The number of aliphatic imine (C=N–C) groups is 1. The summed E-state index contributed by atoms with van der Waals surface area (Å²) in [7, 11) is 0. The zero-order valence-electron chi connectivity index (χ0n) is 12.9. The molecule has 1 unspecified atom stereocenters. The van der Waals surface area contributed by atoms with Crippen molar-refractivity contribution < 1.29 is 0 Å². The predicted octanol–water partition coefficient (Wildman–Crippen LogP) is 3.52. The first kappa shape index (κ1) is 13.5. The molecule has 0 saturated heterocycles. The van der Waals surface area contributed by atoms with Crippen molar-refractivity contribution in [2.45, 2.75) is 51.2 Å². The van der Waals surface area contributed by atoms with Gasteiger partial charge >= 0.3 is 0 Å². The highest BCUT2D eigenvalue weighted by molar-refractivity contribution is 5.85. The maximum Gasteiger partial charge on any atom is 0.254 e. The molecular formula is C17H21N5. The standard InChI is InChI=1S/C17H21N5/c1-2-15-19-17-20-18-12-21(17)16(13-8-4-3-5-9-13)22(15)14-10-6-7-11-14/h3-5,8-9,12,14,16H,2,6-7,10-11H2,1H3. The van der Waals surface area contributed by atoms with Gasteiger partial charge in [0.05, 0.1) is 0 Å². The minimum Gasteiger partial charge on any atom is -0.332 e. The SMILES string of the molecule is CCC1=Nc2nncn2C(c2ccccc2)N1C1CCCC1. The Bertz CT molecular complexity index is 669. The van der Waals surface area contributed by atoms with Gasteiger partial charge in [0.1, 0.15) is 18.3 Å².